The molecule has 1 saturated heterocycles. The van der Waals surface area contributed by atoms with Crippen LogP contribution in [0.2, 0.25) is 0 Å². The molecule has 1 aromatic rings. The van der Waals surface area contributed by atoms with Gasteiger partial charge in [-0.05, 0) is 32.3 Å². The largest absolute Gasteiger partial charge is 0.479 e. The van der Waals surface area contributed by atoms with Crippen LogP contribution in [0.15, 0.2) is 6.20 Å². The first kappa shape index (κ1) is 17.1. The molecule has 2 rings (SSSR count). The average Bonchev–Trinajstić information content (AvgIpc) is 3.05. The van der Waals surface area contributed by atoms with Gasteiger partial charge in [0.1, 0.15) is 10.5 Å². The second-order valence-electron chi connectivity index (χ2n) is 6.27. The van der Waals surface area contributed by atoms with E-state index in [9.17, 15) is 19.5 Å². The minimum absolute atomic E-state index is 0.0968. The van der Waals surface area contributed by atoms with E-state index in [4.69, 9.17) is 4.74 Å². The van der Waals surface area contributed by atoms with Gasteiger partial charge in [0.2, 0.25) is 0 Å². The number of carbonyl (C=O) groups excluding carboxylic acids is 2. The number of hydrogen-bond donors (Lipinski definition) is 2. The summed E-state index contributed by atoms with van der Waals surface area (Å²) in [4.78, 5) is 37.5. The van der Waals surface area contributed by atoms with E-state index in [1.807, 2.05) is 0 Å². The van der Waals surface area contributed by atoms with Crippen LogP contribution in [-0.2, 0) is 9.53 Å². The summed E-state index contributed by atoms with van der Waals surface area (Å²) in [5.74, 6) is -1.56. The summed E-state index contributed by atoms with van der Waals surface area (Å²) in [6.07, 6.45) is 0.600. The predicted molar refractivity (Wildman–Crippen MR) is 80.2 cm³/mol. The summed E-state index contributed by atoms with van der Waals surface area (Å²) in [6.45, 7) is 5.11. The number of carbonyl (C=O) groups is 3. The average molecular weight is 342 g/mol. The van der Waals surface area contributed by atoms with E-state index in [1.54, 1.807) is 20.8 Å². The Labute approximate surface area is 136 Å². The minimum Gasteiger partial charge on any atom is -0.479 e. The molecule has 0 radical (unpaired) electrons. The van der Waals surface area contributed by atoms with Gasteiger partial charge >= 0.3 is 12.1 Å². The molecule has 0 saturated carbocycles. The zero-order valence-corrected chi connectivity index (χ0v) is 13.8. The van der Waals surface area contributed by atoms with Crippen LogP contribution in [0.5, 0.6) is 0 Å². The van der Waals surface area contributed by atoms with Gasteiger partial charge in [0.15, 0.2) is 5.54 Å². The number of ether oxygens (including phenoxy) is 1. The fourth-order valence-corrected chi connectivity index (χ4v) is 2.71. The molecule has 0 spiro atoms. The molecule has 2 N–H and O–H groups in total. The van der Waals surface area contributed by atoms with E-state index in [0.717, 1.165) is 11.5 Å². The van der Waals surface area contributed by atoms with Crippen molar-refractivity contribution in [1.82, 2.24) is 19.8 Å². The Bertz CT molecular complexity index is 612. The molecule has 1 atom stereocenters. The van der Waals surface area contributed by atoms with Crippen molar-refractivity contribution >= 4 is 29.5 Å². The zero-order chi connectivity index (χ0) is 17.3. The summed E-state index contributed by atoms with van der Waals surface area (Å²) in [5.41, 5.74) is -2.30. The number of rotatable bonds is 3. The van der Waals surface area contributed by atoms with E-state index in [2.05, 4.69) is 14.9 Å². The van der Waals surface area contributed by atoms with Crippen LogP contribution in [0, 0.1) is 0 Å². The molecule has 0 aliphatic carbocycles. The van der Waals surface area contributed by atoms with Crippen molar-refractivity contribution in [2.45, 2.75) is 38.3 Å². The third-order valence-corrected chi connectivity index (χ3v) is 3.93. The van der Waals surface area contributed by atoms with E-state index >= 15 is 0 Å². The Balaban J connectivity index is 2.10. The molecule has 126 valence electrons. The molecule has 1 aromatic heterocycles. The van der Waals surface area contributed by atoms with Crippen LogP contribution in [0.1, 0.15) is 36.9 Å². The van der Waals surface area contributed by atoms with Crippen LogP contribution < -0.4 is 5.32 Å². The standard InChI is InChI=1S/C13H18N4O5S/c1-12(2,3)22-11(21)15-13(10(19)20)4-5-17(7-13)9(18)8-6-14-16-23-8/h6H,4-5,7H2,1-3H3,(H,15,21)(H,19,20). The van der Waals surface area contributed by atoms with Crippen LogP contribution in [0.4, 0.5) is 4.79 Å². The van der Waals surface area contributed by atoms with Crippen molar-refractivity contribution in [3.8, 4) is 0 Å². The molecular weight excluding hydrogens is 324 g/mol. The number of carboxylic acids is 1. The second kappa shape index (κ2) is 6.11. The van der Waals surface area contributed by atoms with Crippen molar-refractivity contribution in [2.24, 2.45) is 0 Å². The maximum atomic E-state index is 12.3. The van der Waals surface area contributed by atoms with Crippen molar-refractivity contribution in [1.29, 1.82) is 0 Å². The molecule has 2 heterocycles. The quantitative estimate of drug-likeness (QED) is 0.830. The summed E-state index contributed by atoms with van der Waals surface area (Å²) in [7, 11) is 0. The van der Waals surface area contributed by atoms with Gasteiger partial charge in [-0.2, -0.15) is 0 Å². The third kappa shape index (κ3) is 3.95. The summed E-state index contributed by atoms with van der Waals surface area (Å²) >= 11 is 0.936. The highest BCUT2D eigenvalue weighted by atomic mass is 32.1. The molecule has 1 aliphatic rings. The van der Waals surface area contributed by atoms with Gasteiger partial charge in [0.25, 0.3) is 5.91 Å². The molecule has 1 fully saturated rings. The zero-order valence-electron chi connectivity index (χ0n) is 13.0. The van der Waals surface area contributed by atoms with Crippen molar-refractivity contribution in [3.63, 3.8) is 0 Å². The Morgan fingerprint density at radius 2 is 2.13 bits per heavy atom. The summed E-state index contributed by atoms with van der Waals surface area (Å²) < 4.78 is 8.72. The van der Waals surface area contributed by atoms with Gasteiger partial charge < -0.3 is 20.1 Å². The Hall–Kier alpha value is -2.23. The minimum atomic E-state index is -1.56. The Morgan fingerprint density at radius 3 is 2.65 bits per heavy atom. The van der Waals surface area contributed by atoms with E-state index in [1.165, 1.54) is 11.1 Å². The second-order valence-corrected chi connectivity index (χ2v) is 7.06. The highest BCUT2D eigenvalue weighted by molar-refractivity contribution is 7.07. The van der Waals surface area contributed by atoms with Crippen molar-refractivity contribution in [2.75, 3.05) is 13.1 Å². The van der Waals surface area contributed by atoms with E-state index in [-0.39, 0.29) is 25.4 Å². The number of hydrogen-bond acceptors (Lipinski definition) is 7. The molecule has 0 aromatic carbocycles. The van der Waals surface area contributed by atoms with Crippen molar-refractivity contribution < 1.29 is 24.2 Å². The lowest BCUT2D eigenvalue weighted by molar-refractivity contribution is -0.144. The Morgan fingerprint density at radius 1 is 1.43 bits per heavy atom. The lowest BCUT2D eigenvalue weighted by atomic mass is 9.99. The first-order chi connectivity index (χ1) is 10.6. The molecule has 1 aliphatic heterocycles. The number of alkyl carbamates (subject to hydrolysis) is 1. The highest BCUT2D eigenvalue weighted by Crippen LogP contribution is 2.25. The molecule has 0 bridgehead atoms. The van der Waals surface area contributed by atoms with Crippen LogP contribution in [0.3, 0.4) is 0 Å². The van der Waals surface area contributed by atoms with Gasteiger partial charge in [0, 0.05) is 13.0 Å². The summed E-state index contributed by atoms with van der Waals surface area (Å²) in [5, 5.41) is 15.5. The molecule has 9 nitrogen and oxygen atoms in total. The number of aromatic nitrogens is 2. The maximum absolute atomic E-state index is 12.3. The number of nitrogens with zero attached hydrogens (tertiary/aromatic N) is 3. The number of amides is 2. The molecule has 10 heteroatoms. The predicted octanol–water partition coefficient (Wildman–Crippen LogP) is 0.732. The number of aliphatic carboxylic acids is 1. The van der Waals surface area contributed by atoms with Crippen LogP contribution in [0.25, 0.3) is 0 Å². The maximum Gasteiger partial charge on any atom is 0.408 e. The molecule has 1 unspecified atom stereocenters. The highest BCUT2D eigenvalue weighted by Gasteiger charge is 2.48. The normalized spacial score (nSPS) is 21.1. The van der Waals surface area contributed by atoms with E-state index in [0.29, 0.717) is 4.88 Å². The molecule has 23 heavy (non-hydrogen) atoms. The number of likely N-dealkylation sites (tertiary alicyclic amines) is 1. The summed E-state index contributed by atoms with van der Waals surface area (Å²) in [6, 6.07) is 0. The van der Waals surface area contributed by atoms with Gasteiger partial charge in [-0.1, -0.05) is 4.49 Å². The fourth-order valence-electron chi connectivity index (χ4n) is 2.23. The van der Waals surface area contributed by atoms with Gasteiger partial charge in [-0.25, -0.2) is 9.59 Å². The fraction of sp³-hybridized carbons (Fsp3) is 0.615. The number of nitrogens with one attached hydrogen (secondary N) is 1. The van der Waals surface area contributed by atoms with Gasteiger partial charge in [0.05, 0.1) is 12.7 Å². The lowest BCUT2D eigenvalue weighted by Gasteiger charge is -2.28. The first-order valence-electron chi connectivity index (χ1n) is 6.94. The van der Waals surface area contributed by atoms with E-state index < -0.39 is 23.2 Å². The smallest absolute Gasteiger partial charge is 0.408 e. The van der Waals surface area contributed by atoms with Gasteiger partial charge in [-0.15, -0.1) is 5.10 Å². The van der Waals surface area contributed by atoms with Crippen molar-refractivity contribution in [3.05, 3.63) is 11.1 Å². The number of carboxylic acid groups (broad SMARTS) is 1. The van der Waals surface area contributed by atoms with Gasteiger partial charge in [-0.3, -0.25) is 4.79 Å². The van der Waals surface area contributed by atoms with Crippen LogP contribution >= 0.6 is 11.5 Å². The third-order valence-electron chi connectivity index (χ3n) is 3.28. The SMILES string of the molecule is CC(C)(C)OC(=O)NC1(C(=O)O)CCN(C(=O)c2cnns2)C1. The first-order valence-corrected chi connectivity index (χ1v) is 7.71. The molecule has 2 amide bonds. The topological polar surface area (TPSA) is 122 Å². The Kier molecular flexibility index (Phi) is 4.55. The monoisotopic (exact) mass is 342 g/mol. The van der Waals surface area contributed by atoms with Crippen LogP contribution in [-0.4, -0.2) is 61.8 Å². The molecular formula is C13H18N4O5S. The lowest BCUT2D eigenvalue weighted by Crippen LogP contribution is -2.57.